The average molecular weight is 471 g/mol. The minimum absolute atomic E-state index is 0.0545. The third-order valence-electron chi connectivity index (χ3n) is 4.32. The number of anilines is 2. The molecule has 0 aliphatic rings. The molecule has 0 spiro atoms. The third-order valence-corrected chi connectivity index (χ3v) is 5.13. The van der Waals surface area contributed by atoms with Crippen molar-refractivity contribution in [3.05, 3.63) is 75.9 Å². The molecule has 6 nitrogen and oxygen atoms in total. The number of carboxylic acids is 1. The lowest BCUT2D eigenvalue weighted by molar-refractivity contribution is 0.0697. The molecule has 8 heteroatoms. The van der Waals surface area contributed by atoms with E-state index >= 15 is 0 Å². The second-order valence-electron chi connectivity index (χ2n) is 6.25. The fourth-order valence-corrected chi connectivity index (χ4v) is 3.48. The van der Waals surface area contributed by atoms with Gasteiger partial charge in [0.25, 0.3) is 0 Å². The summed E-state index contributed by atoms with van der Waals surface area (Å²) >= 11 is 9.46. The van der Waals surface area contributed by atoms with Crippen LogP contribution in [0.3, 0.4) is 0 Å². The third kappa shape index (κ3) is 4.01. The topological polar surface area (TPSA) is 95.3 Å². The minimum atomic E-state index is -1.07. The van der Waals surface area contributed by atoms with Gasteiger partial charge in [-0.05, 0) is 47.5 Å². The predicted molar refractivity (Wildman–Crippen MR) is 116 cm³/mol. The Morgan fingerprint density at radius 2 is 1.79 bits per heavy atom. The lowest BCUT2D eigenvalue weighted by atomic mass is 10.0. The van der Waals surface area contributed by atoms with E-state index in [-0.39, 0.29) is 16.3 Å². The Bertz CT molecular complexity index is 1260. The van der Waals surface area contributed by atoms with Crippen LogP contribution < -0.4 is 5.32 Å². The summed E-state index contributed by atoms with van der Waals surface area (Å²) in [4.78, 5) is 20.0. The highest BCUT2D eigenvalue weighted by Crippen LogP contribution is 2.30. The molecule has 144 valence electrons. The molecule has 4 rings (SSSR count). The predicted octanol–water partition coefficient (Wildman–Crippen LogP) is 5.86. The van der Waals surface area contributed by atoms with Crippen molar-refractivity contribution in [1.29, 1.82) is 0 Å². The molecule has 4 aromatic rings. The number of rotatable bonds is 4. The molecule has 3 N–H and O–H groups in total. The van der Waals surface area contributed by atoms with Gasteiger partial charge in [0.05, 0.1) is 21.8 Å². The molecule has 0 atom stereocenters. The molecule has 0 saturated carbocycles. The average Bonchev–Trinajstić information content (AvgIpc) is 2.70. The van der Waals surface area contributed by atoms with Crippen LogP contribution in [0.1, 0.15) is 10.4 Å². The second-order valence-corrected chi connectivity index (χ2v) is 7.58. The number of halogens is 2. The number of hydrogen-bond donors (Lipinski definition) is 3. The van der Waals surface area contributed by atoms with Gasteiger partial charge in [-0.15, -0.1) is 0 Å². The summed E-state index contributed by atoms with van der Waals surface area (Å²) in [7, 11) is 0. The zero-order valence-corrected chi connectivity index (χ0v) is 17.1. The maximum absolute atomic E-state index is 11.1. The fraction of sp³-hybridized carbons (Fsp3) is 0. The molecule has 0 unspecified atom stereocenters. The Balaban J connectivity index is 1.71. The van der Waals surface area contributed by atoms with Crippen molar-refractivity contribution >= 4 is 56.0 Å². The van der Waals surface area contributed by atoms with Crippen molar-refractivity contribution < 1.29 is 15.0 Å². The summed E-state index contributed by atoms with van der Waals surface area (Å²) < 4.78 is 0.808. The highest BCUT2D eigenvalue weighted by molar-refractivity contribution is 9.10. The standard InChI is InChI=1S/C21H13BrClN3O3/c22-14-4-6-19(27)18(9-14)26-21-24-10-13-2-1-12(8-17(13)25-21)11-3-5-15(20(28)29)16(23)7-11/h1-10,27H,(H,28,29)(H,24,25,26). The number of carbonyl (C=O) groups is 1. The monoisotopic (exact) mass is 469 g/mol. The Hall–Kier alpha value is -3.16. The number of benzene rings is 3. The van der Waals surface area contributed by atoms with E-state index in [1.807, 2.05) is 18.2 Å². The largest absolute Gasteiger partial charge is 0.506 e. The Morgan fingerprint density at radius 3 is 2.55 bits per heavy atom. The molecule has 0 amide bonds. The highest BCUT2D eigenvalue weighted by atomic mass is 79.9. The van der Waals surface area contributed by atoms with E-state index in [0.717, 1.165) is 21.0 Å². The number of hydrogen-bond acceptors (Lipinski definition) is 5. The van der Waals surface area contributed by atoms with Crippen LogP contribution in [0.5, 0.6) is 5.75 Å². The molecule has 29 heavy (non-hydrogen) atoms. The van der Waals surface area contributed by atoms with Crippen molar-refractivity contribution in [2.75, 3.05) is 5.32 Å². The molecule has 0 aliphatic heterocycles. The Labute approximate surface area is 179 Å². The van der Waals surface area contributed by atoms with E-state index in [9.17, 15) is 9.90 Å². The number of nitrogens with zero attached hydrogens (tertiary/aromatic N) is 2. The van der Waals surface area contributed by atoms with Crippen molar-refractivity contribution in [2.24, 2.45) is 0 Å². The molecule has 1 heterocycles. The first-order valence-electron chi connectivity index (χ1n) is 8.46. The van der Waals surface area contributed by atoms with Crippen LogP contribution >= 0.6 is 27.5 Å². The van der Waals surface area contributed by atoms with Crippen LogP contribution in [0.4, 0.5) is 11.6 Å². The number of phenols is 1. The fourth-order valence-electron chi connectivity index (χ4n) is 2.86. The summed E-state index contributed by atoms with van der Waals surface area (Å²) in [5, 5.41) is 23.1. The quantitative estimate of drug-likeness (QED) is 0.323. The van der Waals surface area contributed by atoms with Crippen LogP contribution in [0, 0.1) is 0 Å². The molecule has 0 bridgehead atoms. The number of nitrogens with one attached hydrogen (secondary N) is 1. The van der Waals surface area contributed by atoms with Gasteiger partial charge in [-0.1, -0.05) is 45.7 Å². The molecule has 1 aromatic heterocycles. The zero-order valence-electron chi connectivity index (χ0n) is 14.7. The van der Waals surface area contributed by atoms with Gasteiger partial charge in [-0.25, -0.2) is 14.8 Å². The second kappa shape index (κ2) is 7.69. The first-order chi connectivity index (χ1) is 13.9. The van der Waals surface area contributed by atoms with Crippen LogP contribution in [0.2, 0.25) is 5.02 Å². The molecule has 0 aliphatic carbocycles. The molecule has 0 saturated heterocycles. The maximum atomic E-state index is 11.1. The van der Waals surface area contributed by atoms with Gasteiger partial charge < -0.3 is 15.5 Å². The van der Waals surface area contributed by atoms with Gasteiger partial charge in [-0.2, -0.15) is 0 Å². The van der Waals surface area contributed by atoms with Crippen molar-refractivity contribution in [3.63, 3.8) is 0 Å². The van der Waals surface area contributed by atoms with Crippen LogP contribution in [-0.4, -0.2) is 26.2 Å². The first-order valence-corrected chi connectivity index (χ1v) is 9.63. The molecular formula is C21H13BrClN3O3. The number of carboxylic acid groups (broad SMARTS) is 1. The van der Waals surface area contributed by atoms with E-state index < -0.39 is 5.97 Å². The van der Waals surface area contributed by atoms with Gasteiger partial charge in [0.2, 0.25) is 5.95 Å². The van der Waals surface area contributed by atoms with Crippen molar-refractivity contribution in [3.8, 4) is 16.9 Å². The van der Waals surface area contributed by atoms with Crippen molar-refractivity contribution in [2.45, 2.75) is 0 Å². The van der Waals surface area contributed by atoms with Crippen molar-refractivity contribution in [1.82, 2.24) is 9.97 Å². The summed E-state index contributed by atoms with van der Waals surface area (Å²) in [6, 6.07) is 15.5. The van der Waals surface area contributed by atoms with Gasteiger partial charge in [0, 0.05) is 16.1 Å². The van der Waals surface area contributed by atoms with Gasteiger partial charge in [0.15, 0.2) is 0 Å². The normalized spacial score (nSPS) is 10.8. The van der Waals surface area contributed by atoms with E-state index in [1.165, 1.54) is 6.07 Å². The summed E-state index contributed by atoms with van der Waals surface area (Å²) in [6.45, 7) is 0. The SMILES string of the molecule is O=C(O)c1ccc(-c2ccc3cnc(Nc4cc(Br)ccc4O)nc3c2)cc1Cl. The molecule has 0 fully saturated rings. The minimum Gasteiger partial charge on any atom is -0.506 e. The summed E-state index contributed by atoms with van der Waals surface area (Å²) in [5.74, 6) is -0.652. The molecular weight excluding hydrogens is 458 g/mol. The maximum Gasteiger partial charge on any atom is 0.337 e. The number of aromatic nitrogens is 2. The van der Waals surface area contributed by atoms with E-state index in [1.54, 1.807) is 36.5 Å². The van der Waals surface area contributed by atoms with Gasteiger partial charge in [0.1, 0.15) is 5.75 Å². The smallest absolute Gasteiger partial charge is 0.337 e. The van der Waals surface area contributed by atoms with Crippen LogP contribution in [0.25, 0.3) is 22.0 Å². The number of phenolic OH excluding ortho intramolecular Hbond substituents is 1. The van der Waals surface area contributed by atoms with Crippen LogP contribution in [0.15, 0.2) is 65.3 Å². The highest BCUT2D eigenvalue weighted by Gasteiger charge is 2.11. The number of fused-ring (bicyclic) bond motifs is 1. The summed E-state index contributed by atoms with van der Waals surface area (Å²) in [5.41, 5.74) is 2.84. The first kappa shape index (κ1) is 19.2. The molecule has 3 aromatic carbocycles. The van der Waals surface area contributed by atoms with Gasteiger partial charge in [-0.3, -0.25) is 0 Å². The van der Waals surface area contributed by atoms with E-state index in [4.69, 9.17) is 16.7 Å². The van der Waals surface area contributed by atoms with Crippen LogP contribution in [-0.2, 0) is 0 Å². The lowest BCUT2D eigenvalue weighted by Gasteiger charge is -2.09. The Morgan fingerprint density at radius 1 is 1.03 bits per heavy atom. The summed E-state index contributed by atoms with van der Waals surface area (Å²) in [6.07, 6.45) is 1.68. The lowest BCUT2D eigenvalue weighted by Crippen LogP contribution is -1.98. The number of aromatic carboxylic acids is 1. The van der Waals surface area contributed by atoms with E-state index in [2.05, 4.69) is 31.2 Å². The van der Waals surface area contributed by atoms with Gasteiger partial charge >= 0.3 is 5.97 Å². The molecule has 0 radical (unpaired) electrons. The Kier molecular flexibility index (Phi) is 5.08. The van der Waals surface area contributed by atoms with E-state index in [0.29, 0.717) is 17.2 Å². The zero-order chi connectivity index (χ0) is 20.5. The number of aromatic hydroxyl groups is 1.